The summed E-state index contributed by atoms with van der Waals surface area (Å²) in [4.78, 5) is 48.3. The number of carbonyl (C=O) groups excluding carboxylic acids is 3. The van der Waals surface area contributed by atoms with Crippen LogP contribution in [-0.4, -0.2) is 129 Å². The molecule has 15 nitrogen and oxygen atoms in total. The number of aliphatic hydroxyl groups excluding tert-OH is 1. The maximum atomic E-state index is 14.6. The molecule has 0 saturated carbocycles. The molecule has 5 heterocycles. The summed E-state index contributed by atoms with van der Waals surface area (Å²) in [7, 11) is -0.399. The lowest BCUT2D eigenvalue weighted by molar-refractivity contribution is -0.302. The SMILES string of the molecule is CC[C@H]1OC(=O)[C@H](C)[C@H]2OCC(NS(=O)(=O)c3ccc(-c4ccccn4)cc3)CO[C@](C)(C[C@@H](C)C(=O)[C@H](C)[C@@H]3CC(=O)O[C@]13C)[C@H](O[C@@H]1O[C@H](C)C[C@H](N(C)C)[C@H]1O)[C@@H]2C. The van der Waals surface area contributed by atoms with Crippen molar-refractivity contribution >= 4 is 27.7 Å². The van der Waals surface area contributed by atoms with Crippen molar-refractivity contribution in [1.82, 2.24) is 14.6 Å². The number of hydrogen-bond donors (Lipinski definition) is 2. The third-order valence-electron chi connectivity index (χ3n) is 13.5. The van der Waals surface area contributed by atoms with E-state index in [1.807, 2.05) is 65.7 Å². The van der Waals surface area contributed by atoms with Crippen LogP contribution in [-0.2, 0) is 52.8 Å². The highest BCUT2D eigenvalue weighted by atomic mass is 32.2. The van der Waals surface area contributed by atoms with Crippen LogP contribution in [0.25, 0.3) is 11.3 Å². The van der Waals surface area contributed by atoms with Gasteiger partial charge in [0, 0.05) is 41.5 Å². The maximum Gasteiger partial charge on any atom is 0.311 e. The number of nitrogens with one attached hydrogen (secondary N) is 1. The van der Waals surface area contributed by atoms with Crippen LogP contribution >= 0.6 is 0 Å². The van der Waals surface area contributed by atoms with E-state index in [2.05, 4.69) is 9.71 Å². The summed E-state index contributed by atoms with van der Waals surface area (Å²) in [6.45, 7) is 14.0. The van der Waals surface area contributed by atoms with E-state index < -0.39 is 99.5 Å². The number of ether oxygens (including phenoxy) is 6. The molecule has 16 heteroatoms. The van der Waals surface area contributed by atoms with Crippen molar-refractivity contribution in [1.29, 1.82) is 0 Å². The Morgan fingerprint density at radius 1 is 0.984 bits per heavy atom. The number of fused-ring (bicyclic) bond motifs is 4. The number of aliphatic hydroxyl groups is 1. The van der Waals surface area contributed by atoms with Crippen LogP contribution in [0, 0.1) is 29.6 Å². The summed E-state index contributed by atoms with van der Waals surface area (Å²) in [6, 6.07) is 10.6. The van der Waals surface area contributed by atoms with Gasteiger partial charge >= 0.3 is 11.9 Å². The fraction of sp³-hybridized carbons (Fsp3) is 0.689. The van der Waals surface area contributed by atoms with Gasteiger partial charge in [0.05, 0.1) is 66.1 Å². The number of rotatable bonds is 8. The van der Waals surface area contributed by atoms with Crippen LogP contribution in [0.2, 0.25) is 0 Å². The highest BCUT2D eigenvalue weighted by Gasteiger charge is 2.57. The van der Waals surface area contributed by atoms with Gasteiger partial charge < -0.3 is 38.4 Å². The Balaban J connectivity index is 1.41. The van der Waals surface area contributed by atoms with Crippen molar-refractivity contribution in [2.24, 2.45) is 29.6 Å². The molecule has 0 radical (unpaired) electrons. The van der Waals surface area contributed by atoms with Gasteiger partial charge in [0.15, 0.2) is 6.29 Å². The molecule has 15 atom stereocenters. The fourth-order valence-corrected chi connectivity index (χ4v) is 11.3. The molecule has 4 aliphatic rings. The van der Waals surface area contributed by atoms with Gasteiger partial charge in [-0.15, -0.1) is 0 Å². The first kappa shape index (κ1) is 47.1. The molecule has 2 bridgehead atoms. The molecule has 0 amide bonds. The second-order valence-electron chi connectivity index (χ2n) is 18.4. The van der Waals surface area contributed by atoms with Gasteiger partial charge in [-0.3, -0.25) is 19.4 Å². The largest absolute Gasteiger partial charge is 0.458 e. The molecule has 0 spiro atoms. The number of aromatic nitrogens is 1. The Bertz CT molecular complexity index is 1970. The summed E-state index contributed by atoms with van der Waals surface area (Å²) in [5, 5.41) is 11.7. The van der Waals surface area contributed by atoms with Gasteiger partial charge in [-0.25, -0.2) is 13.1 Å². The van der Waals surface area contributed by atoms with E-state index in [1.54, 1.807) is 45.2 Å². The molecule has 4 saturated heterocycles. The van der Waals surface area contributed by atoms with E-state index in [9.17, 15) is 27.9 Å². The topological polar surface area (TPSA) is 189 Å². The Morgan fingerprint density at radius 3 is 2.33 bits per heavy atom. The number of esters is 2. The number of likely N-dealkylation sites (N-methyl/N-ethyl adjacent to an activating group) is 1. The second-order valence-corrected chi connectivity index (χ2v) is 20.1. The standard InChI is InChI=1S/C45H65N3O12S/c1-11-36-45(8)33(21-37(49)60-45)27(4)38(50)25(2)22-44(7)41(59-43-39(51)35(48(9)10)20-26(3)57-43)28(5)40(29(6)42(52)58-36)55-23-31(24-56-44)47-61(53,54)32-17-15-30(16-18-32)34-14-12-13-19-46-34/h12-19,25-29,31,33,35-36,39-41,43,47,51H,11,20-24H2,1-10H3/t25-,26-,27-,28-,29-,31?,33+,35+,36-,39-,40+,41-,43+,44-,45+/m1/s1. The molecule has 4 fully saturated rings. The molecule has 6 rings (SSSR count). The Hall–Kier alpha value is -3.35. The molecule has 2 N–H and O–H groups in total. The number of hydrogen-bond acceptors (Lipinski definition) is 14. The average Bonchev–Trinajstić information content (AvgIpc) is 3.55. The van der Waals surface area contributed by atoms with Gasteiger partial charge in [0.2, 0.25) is 10.0 Å². The quantitative estimate of drug-likeness (QED) is 0.352. The lowest BCUT2D eigenvalue weighted by Crippen LogP contribution is -2.60. The van der Waals surface area contributed by atoms with Crippen LogP contribution in [0.5, 0.6) is 0 Å². The minimum atomic E-state index is -4.15. The van der Waals surface area contributed by atoms with Gasteiger partial charge in [0.1, 0.15) is 23.6 Å². The summed E-state index contributed by atoms with van der Waals surface area (Å²) in [5.74, 6) is -4.82. The number of Topliss-reactive ketones (excluding diaryl/α,β-unsaturated/α-hetero) is 1. The normalized spacial score (nSPS) is 39.3. The predicted molar refractivity (Wildman–Crippen MR) is 224 cm³/mol. The van der Waals surface area contributed by atoms with Crippen molar-refractivity contribution in [2.45, 2.75) is 146 Å². The zero-order valence-electron chi connectivity index (χ0n) is 37.1. The average molecular weight is 872 g/mol. The summed E-state index contributed by atoms with van der Waals surface area (Å²) < 4.78 is 69.8. The Kier molecular flexibility index (Phi) is 14.5. The van der Waals surface area contributed by atoms with E-state index in [4.69, 9.17) is 28.4 Å². The fourth-order valence-electron chi connectivity index (χ4n) is 10.1. The number of nitrogens with zero attached hydrogens (tertiary/aromatic N) is 2. The van der Waals surface area contributed by atoms with Crippen LogP contribution in [0.1, 0.15) is 81.1 Å². The molecule has 2 aromatic rings. The van der Waals surface area contributed by atoms with Crippen molar-refractivity contribution in [2.75, 3.05) is 27.3 Å². The summed E-state index contributed by atoms with van der Waals surface area (Å²) >= 11 is 0. The molecule has 61 heavy (non-hydrogen) atoms. The zero-order chi connectivity index (χ0) is 44.6. The van der Waals surface area contributed by atoms with Gasteiger partial charge in [0.25, 0.3) is 0 Å². The molecule has 1 unspecified atom stereocenters. The van der Waals surface area contributed by atoms with E-state index in [0.29, 0.717) is 18.5 Å². The zero-order valence-corrected chi connectivity index (χ0v) is 37.9. The van der Waals surface area contributed by atoms with Crippen LogP contribution in [0.3, 0.4) is 0 Å². The maximum absolute atomic E-state index is 14.6. The number of carbonyl (C=O) groups is 3. The molecule has 1 aromatic heterocycles. The highest BCUT2D eigenvalue weighted by Crippen LogP contribution is 2.46. The molecule has 338 valence electrons. The Morgan fingerprint density at radius 2 is 1.69 bits per heavy atom. The number of sulfonamides is 1. The lowest BCUT2D eigenvalue weighted by atomic mass is 9.70. The first-order valence-electron chi connectivity index (χ1n) is 21.6. The van der Waals surface area contributed by atoms with Gasteiger partial charge in [-0.05, 0) is 85.3 Å². The minimum Gasteiger partial charge on any atom is -0.458 e. The van der Waals surface area contributed by atoms with Crippen molar-refractivity contribution < 1.29 is 56.3 Å². The lowest BCUT2D eigenvalue weighted by Gasteiger charge is -2.48. The minimum absolute atomic E-state index is 0.0160. The molecule has 0 aliphatic carbocycles. The predicted octanol–water partition coefficient (Wildman–Crippen LogP) is 4.54. The smallest absolute Gasteiger partial charge is 0.311 e. The summed E-state index contributed by atoms with van der Waals surface area (Å²) in [6.07, 6.45) is -2.71. The third kappa shape index (κ3) is 9.91. The van der Waals surface area contributed by atoms with E-state index in [-0.39, 0.29) is 48.9 Å². The Labute approximate surface area is 360 Å². The highest BCUT2D eigenvalue weighted by molar-refractivity contribution is 7.89. The monoisotopic (exact) mass is 871 g/mol. The molecule has 4 aliphatic heterocycles. The van der Waals surface area contributed by atoms with Crippen molar-refractivity contribution in [3.8, 4) is 11.3 Å². The number of ketones is 1. The summed E-state index contributed by atoms with van der Waals surface area (Å²) in [5.41, 5.74) is -1.19. The van der Waals surface area contributed by atoms with Crippen molar-refractivity contribution in [3.05, 3.63) is 48.7 Å². The molecule has 1 aromatic carbocycles. The van der Waals surface area contributed by atoms with Gasteiger partial charge in [-0.2, -0.15) is 0 Å². The number of benzene rings is 1. The number of pyridine rings is 1. The van der Waals surface area contributed by atoms with Crippen LogP contribution in [0.15, 0.2) is 53.6 Å². The van der Waals surface area contributed by atoms with E-state index >= 15 is 0 Å². The third-order valence-corrected chi connectivity index (χ3v) is 15.1. The number of cyclic esters (lactones) is 1. The van der Waals surface area contributed by atoms with Crippen LogP contribution < -0.4 is 4.72 Å². The molecular weight excluding hydrogens is 807 g/mol. The molecular formula is C45H65N3O12S. The van der Waals surface area contributed by atoms with Crippen LogP contribution in [0.4, 0.5) is 0 Å². The van der Waals surface area contributed by atoms with Crippen molar-refractivity contribution in [3.63, 3.8) is 0 Å². The van der Waals surface area contributed by atoms with E-state index in [0.717, 1.165) is 5.56 Å². The first-order chi connectivity index (χ1) is 28.7. The van der Waals surface area contributed by atoms with E-state index in [1.165, 1.54) is 12.1 Å². The van der Waals surface area contributed by atoms with Gasteiger partial charge in [-0.1, -0.05) is 45.9 Å². The first-order valence-corrected chi connectivity index (χ1v) is 23.1. The second kappa shape index (κ2) is 18.8.